The normalized spacial score (nSPS) is 27.8. The van der Waals surface area contributed by atoms with Crippen LogP contribution in [-0.2, 0) is 0 Å². The summed E-state index contributed by atoms with van der Waals surface area (Å²) in [6.45, 7) is 1.64. The molecule has 1 unspecified atom stereocenters. The van der Waals surface area contributed by atoms with Gasteiger partial charge in [-0.25, -0.2) is 0 Å². The van der Waals surface area contributed by atoms with Crippen molar-refractivity contribution in [3.8, 4) is 0 Å². The number of quaternary nitrogens is 1. The minimum absolute atomic E-state index is 0. The number of piperidine rings is 1. The third kappa shape index (κ3) is 2.92. The quantitative estimate of drug-likeness (QED) is 0.504. The lowest BCUT2D eigenvalue weighted by Crippen LogP contribution is -3.00. The number of hydrogen-bond acceptors (Lipinski definition) is 1. The van der Waals surface area contributed by atoms with Crippen LogP contribution in [0.3, 0.4) is 0 Å². The molecule has 0 aliphatic carbocycles. The van der Waals surface area contributed by atoms with E-state index < -0.39 is 0 Å². The van der Waals surface area contributed by atoms with E-state index in [4.69, 9.17) is 5.11 Å². The zero-order valence-electron chi connectivity index (χ0n) is 8.09. The molecular weight excluding hydrogens is 174 g/mol. The second-order valence-electron chi connectivity index (χ2n) is 4.16. The Kier molecular flexibility index (Phi) is 5.14. The first kappa shape index (κ1) is 12.2. The number of aliphatic hydroxyl groups excluding tert-OH is 1. The molecule has 1 atom stereocenters. The molecule has 0 saturated carbocycles. The number of likely N-dealkylation sites (tertiary alicyclic amines) is 1. The van der Waals surface area contributed by atoms with Gasteiger partial charge in [-0.15, -0.1) is 0 Å². The monoisotopic (exact) mass is 193 g/mol. The fraction of sp³-hybridized carbons (Fsp3) is 1.00. The molecule has 1 saturated heterocycles. The SMILES string of the molecule is C[N+]1(C)CCCCC1CCO.[Cl-]. The zero-order valence-corrected chi connectivity index (χ0v) is 8.85. The van der Waals surface area contributed by atoms with Crippen LogP contribution in [0.1, 0.15) is 25.7 Å². The maximum absolute atomic E-state index is 8.84. The molecule has 1 heterocycles. The molecule has 1 aliphatic heterocycles. The van der Waals surface area contributed by atoms with E-state index in [1.807, 2.05) is 0 Å². The van der Waals surface area contributed by atoms with Gasteiger partial charge < -0.3 is 22.0 Å². The Bertz CT molecular complexity index is 126. The number of rotatable bonds is 2. The highest BCUT2D eigenvalue weighted by Crippen LogP contribution is 2.23. The van der Waals surface area contributed by atoms with Crippen LogP contribution in [0.2, 0.25) is 0 Å². The highest BCUT2D eigenvalue weighted by molar-refractivity contribution is 4.63. The van der Waals surface area contributed by atoms with Gasteiger partial charge in [-0.05, 0) is 19.3 Å². The van der Waals surface area contributed by atoms with E-state index in [9.17, 15) is 0 Å². The van der Waals surface area contributed by atoms with Crippen molar-refractivity contribution >= 4 is 0 Å². The smallest absolute Gasteiger partial charge is 0.0908 e. The first-order chi connectivity index (χ1) is 5.17. The Morgan fingerprint density at radius 3 is 2.50 bits per heavy atom. The van der Waals surface area contributed by atoms with Crippen LogP contribution in [0.5, 0.6) is 0 Å². The molecule has 0 spiro atoms. The average Bonchev–Trinajstić information content (AvgIpc) is 1.94. The largest absolute Gasteiger partial charge is 1.00 e. The fourth-order valence-electron chi connectivity index (χ4n) is 2.07. The Morgan fingerprint density at radius 1 is 1.33 bits per heavy atom. The van der Waals surface area contributed by atoms with E-state index >= 15 is 0 Å². The molecule has 1 fully saturated rings. The summed E-state index contributed by atoms with van der Waals surface area (Å²) in [6, 6.07) is 0.703. The number of halogens is 1. The topological polar surface area (TPSA) is 20.2 Å². The predicted molar refractivity (Wildman–Crippen MR) is 46.3 cm³/mol. The first-order valence-corrected chi connectivity index (χ1v) is 4.60. The molecule has 2 nitrogen and oxygen atoms in total. The summed E-state index contributed by atoms with van der Waals surface area (Å²) < 4.78 is 1.11. The van der Waals surface area contributed by atoms with Gasteiger partial charge in [0.25, 0.3) is 0 Å². The summed E-state index contributed by atoms with van der Waals surface area (Å²) in [5.74, 6) is 0. The molecular formula is C9H20ClNO. The van der Waals surface area contributed by atoms with Gasteiger partial charge in [0.2, 0.25) is 0 Å². The summed E-state index contributed by atoms with van der Waals surface area (Å²) in [5, 5.41) is 8.84. The first-order valence-electron chi connectivity index (χ1n) is 4.60. The van der Waals surface area contributed by atoms with Gasteiger partial charge >= 0.3 is 0 Å². The maximum atomic E-state index is 8.84. The van der Waals surface area contributed by atoms with Crippen molar-refractivity contribution < 1.29 is 22.0 Å². The summed E-state index contributed by atoms with van der Waals surface area (Å²) in [6.07, 6.45) is 4.99. The van der Waals surface area contributed by atoms with Crippen LogP contribution in [0.4, 0.5) is 0 Å². The van der Waals surface area contributed by atoms with Gasteiger partial charge in [-0.2, -0.15) is 0 Å². The van der Waals surface area contributed by atoms with Crippen molar-refractivity contribution in [3.05, 3.63) is 0 Å². The maximum Gasteiger partial charge on any atom is 0.0908 e. The number of aliphatic hydroxyl groups is 1. The molecule has 12 heavy (non-hydrogen) atoms. The van der Waals surface area contributed by atoms with Crippen molar-refractivity contribution in [1.82, 2.24) is 0 Å². The Labute approximate surface area is 81.6 Å². The van der Waals surface area contributed by atoms with Crippen molar-refractivity contribution in [2.45, 2.75) is 31.7 Å². The standard InChI is InChI=1S/C9H20NO.ClH/c1-10(2)7-4-3-5-9(10)6-8-11;/h9,11H,3-8H2,1-2H3;1H/q+1;/p-1. The molecule has 74 valence electrons. The lowest BCUT2D eigenvalue weighted by atomic mass is 9.98. The van der Waals surface area contributed by atoms with Gasteiger partial charge in [-0.1, -0.05) is 0 Å². The van der Waals surface area contributed by atoms with E-state index in [1.165, 1.54) is 25.8 Å². The van der Waals surface area contributed by atoms with Gasteiger partial charge in [0, 0.05) is 13.0 Å². The van der Waals surface area contributed by atoms with Gasteiger partial charge in [-0.3, -0.25) is 0 Å². The molecule has 0 bridgehead atoms. The van der Waals surface area contributed by atoms with Crippen LogP contribution < -0.4 is 12.4 Å². The number of nitrogens with zero attached hydrogens (tertiary/aromatic N) is 1. The van der Waals surface area contributed by atoms with Crippen molar-refractivity contribution in [2.75, 3.05) is 27.2 Å². The van der Waals surface area contributed by atoms with Crippen LogP contribution in [0.15, 0.2) is 0 Å². The summed E-state index contributed by atoms with van der Waals surface area (Å²) in [4.78, 5) is 0. The number of hydrogen-bond donors (Lipinski definition) is 1. The van der Waals surface area contributed by atoms with E-state index in [0.29, 0.717) is 12.6 Å². The van der Waals surface area contributed by atoms with Crippen LogP contribution in [-0.4, -0.2) is 42.9 Å². The van der Waals surface area contributed by atoms with E-state index in [0.717, 1.165) is 10.9 Å². The van der Waals surface area contributed by atoms with Gasteiger partial charge in [0.1, 0.15) is 0 Å². The molecule has 0 radical (unpaired) electrons. The summed E-state index contributed by atoms with van der Waals surface area (Å²) in [5.41, 5.74) is 0. The molecule has 1 rings (SSSR count). The highest BCUT2D eigenvalue weighted by atomic mass is 35.5. The third-order valence-corrected chi connectivity index (χ3v) is 2.97. The van der Waals surface area contributed by atoms with Gasteiger partial charge in [0.15, 0.2) is 0 Å². The molecule has 1 aliphatic rings. The lowest BCUT2D eigenvalue weighted by molar-refractivity contribution is -0.920. The van der Waals surface area contributed by atoms with E-state index in [1.54, 1.807) is 0 Å². The summed E-state index contributed by atoms with van der Waals surface area (Å²) >= 11 is 0. The second kappa shape index (κ2) is 5.05. The van der Waals surface area contributed by atoms with Crippen LogP contribution >= 0.6 is 0 Å². The molecule has 0 aromatic carbocycles. The van der Waals surface area contributed by atoms with Crippen molar-refractivity contribution in [3.63, 3.8) is 0 Å². The lowest BCUT2D eigenvalue weighted by Gasteiger charge is -2.41. The minimum atomic E-state index is 0. The van der Waals surface area contributed by atoms with Crippen LogP contribution in [0, 0.1) is 0 Å². The van der Waals surface area contributed by atoms with Crippen molar-refractivity contribution in [2.24, 2.45) is 0 Å². The molecule has 1 N–H and O–H groups in total. The molecule has 3 heteroatoms. The molecule has 0 aromatic rings. The minimum Gasteiger partial charge on any atom is -1.00 e. The Morgan fingerprint density at radius 2 is 2.00 bits per heavy atom. The zero-order chi connectivity index (χ0) is 8.32. The summed E-state index contributed by atoms with van der Waals surface area (Å²) in [7, 11) is 4.55. The average molecular weight is 194 g/mol. The van der Waals surface area contributed by atoms with E-state index in [-0.39, 0.29) is 12.4 Å². The fourth-order valence-corrected chi connectivity index (χ4v) is 2.07. The second-order valence-corrected chi connectivity index (χ2v) is 4.16. The third-order valence-electron chi connectivity index (χ3n) is 2.97. The predicted octanol–water partition coefficient (Wildman–Crippen LogP) is -2.00. The van der Waals surface area contributed by atoms with Gasteiger partial charge in [0.05, 0.1) is 26.7 Å². The molecule has 0 amide bonds. The Balaban J connectivity index is 0.00000121. The highest BCUT2D eigenvalue weighted by Gasteiger charge is 2.30. The van der Waals surface area contributed by atoms with E-state index in [2.05, 4.69) is 14.1 Å². The molecule has 0 aromatic heterocycles. The van der Waals surface area contributed by atoms with Crippen molar-refractivity contribution in [1.29, 1.82) is 0 Å². The van der Waals surface area contributed by atoms with Crippen LogP contribution in [0.25, 0.3) is 0 Å². The Hall–Kier alpha value is 0.210.